The molecule has 0 saturated heterocycles. The van der Waals surface area contributed by atoms with E-state index >= 15 is 0 Å². The van der Waals surface area contributed by atoms with Crippen molar-refractivity contribution in [3.63, 3.8) is 0 Å². The van der Waals surface area contributed by atoms with Gasteiger partial charge in [0.05, 0.1) is 7.11 Å². The summed E-state index contributed by atoms with van der Waals surface area (Å²) in [6.07, 6.45) is -2.53. The molecule has 1 aromatic rings. The SMILES string of the molecule is [2H]C([2H])([2H])C(=O)C([2H])([2H])c1ccc(OC)cc1. The van der Waals surface area contributed by atoms with Crippen LogP contribution in [0.4, 0.5) is 0 Å². The third-order valence-electron chi connectivity index (χ3n) is 1.35. The molecule has 1 aromatic carbocycles. The van der Waals surface area contributed by atoms with Crippen molar-refractivity contribution in [2.24, 2.45) is 0 Å². The van der Waals surface area contributed by atoms with Crippen LogP contribution >= 0.6 is 0 Å². The van der Waals surface area contributed by atoms with Gasteiger partial charge in [-0.05, 0) is 24.5 Å². The van der Waals surface area contributed by atoms with Crippen LogP contribution in [0.1, 0.15) is 19.3 Å². The molecule has 0 bridgehead atoms. The molecular formula is C10H12O2. The lowest BCUT2D eigenvalue weighted by Crippen LogP contribution is -1.95. The lowest BCUT2D eigenvalue weighted by atomic mass is 10.1. The Bertz CT molecular complexity index is 408. The Morgan fingerprint density at radius 2 is 2.25 bits per heavy atom. The van der Waals surface area contributed by atoms with Crippen molar-refractivity contribution in [2.45, 2.75) is 13.2 Å². The zero-order valence-electron chi connectivity index (χ0n) is 11.6. The highest BCUT2D eigenvalue weighted by molar-refractivity contribution is 5.78. The summed E-state index contributed by atoms with van der Waals surface area (Å²) >= 11 is 0. The van der Waals surface area contributed by atoms with E-state index in [4.69, 9.17) is 11.6 Å². The van der Waals surface area contributed by atoms with Gasteiger partial charge in [-0.15, -0.1) is 0 Å². The van der Waals surface area contributed by atoms with E-state index in [2.05, 4.69) is 0 Å². The van der Waals surface area contributed by atoms with E-state index in [1.54, 1.807) is 0 Å². The van der Waals surface area contributed by atoms with Gasteiger partial charge in [-0.3, -0.25) is 4.79 Å². The monoisotopic (exact) mass is 169 g/mol. The number of rotatable bonds is 3. The molecule has 64 valence electrons. The molecule has 2 nitrogen and oxygen atoms in total. The van der Waals surface area contributed by atoms with E-state index in [9.17, 15) is 4.79 Å². The maximum Gasteiger partial charge on any atom is 0.134 e. The highest BCUT2D eigenvalue weighted by Crippen LogP contribution is 2.11. The molecule has 2 heteroatoms. The van der Waals surface area contributed by atoms with Crippen molar-refractivity contribution in [1.29, 1.82) is 0 Å². The average molecular weight is 169 g/mol. The molecule has 0 aliphatic heterocycles. The summed E-state index contributed by atoms with van der Waals surface area (Å²) in [5, 5.41) is 0. The molecule has 0 aromatic heterocycles. The van der Waals surface area contributed by atoms with Crippen LogP contribution in [0.25, 0.3) is 0 Å². The molecule has 0 heterocycles. The first-order valence-electron chi connectivity index (χ1n) is 5.89. The minimum Gasteiger partial charge on any atom is -0.497 e. The quantitative estimate of drug-likeness (QED) is 0.690. The number of Topliss-reactive ketones (excluding diaryl/α,β-unsaturated/α-hetero) is 1. The zero-order valence-corrected chi connectivity index (χ0v) is 6.63. The second-order valence-corrected chi connectivity index (χ2v) is 2.18. The molecule has 0 atom stereocenters. The Labute approximate surface area is 79.2 Å². The summed E-state index contributed by atoms with van der Waals surface area (Å²) in [4.78, 5) is 11.5. The number of benzene rings is 1. The van der Waals surface area contributed by atoms with Crippen molar-refractivity contribution in [3.8, 4) is 5.75 Å². The fourth-order valence-electron chi connectivity index (χ4n) is 0.805. The maximum absolute atomic E-state index is 11.5. The number of carbonyl (C=O) groups excluding carboxylic acids is 1. The molecule has 0 unspecified atom stereocenters. The van der Waals surface area contributed by atoms with Crippen molar-refractivity contribution < 1.29 is 16.4 Å². The summed E-state index contributed by atoms with van der Waals surface area (Å²) in [5.41, 5.74) is -0.000532. The Morgan fingerprint density at radius 1 is 1.58 bits per heavy atom. The first-order valence-corrected chi connectivity index (χ1v) is 3.39. The first-order chi connectivity index (χ1) is 7.69. The molecule has 0 N–H and O–H groups in total. The second kappa shape index (κ2) is 3.90. The Kier molecular flexibility index (Phi) is 1.33. The molecule has 0 amide bonds. The van der Waals surface area contributed by atoms with Gasteiger partial charge in [0.2, 0.25) is 0 Å². The van der Waals surface area contributed by atoms with Gasteiger partial charge in [0.25, 0.3) is 0 Å². The molecule has 0 aliphatic rings. The van der Waals surface area contributed by atoms with Gasteiger partial charge in [0, 0.05) is 13.2 Å². The third-order valence-corrected chi connectivity index (χ3v) is 1.35. The Morgan fingerprint density at radius 3 is 2.75 bits per heavy atom. The zero-order chi connectivity index (χ0) is 13.3. The van der Waals surface area contributed by atoms with Gasteiger partial charge < -0.3 is 4.74 Å². The molecule has 0 aliphatic carbocycles. The topological polar surface area (TPSA) is 26.3 Å². The van der Waals surface area contributed by atoms with Crippen molar-refractivity contribution >= 4 is 5.78 Å². The summed E-state index contributed by atoms with van der Waals surface area (Å²) in [6.45, 7) is -2.95. The largest absolute Gasteiger partial charge is 0.497 e. The minimum absolute atomic E-state index is 0.000532. The smallest absolute Gasteiger partial charge is 0.134 e. The van der Waals surface area contributed by atoms with Crippen LogP contribution in [0.15, 0.2) is 24.3 Å². The van der Waals surface area contributed by atoms with Crippen LogP contribution in [0.3, 0.4) is 0 Å². The highest BCUT2D eigenvalue weighted by Gasteiger charge is 1.96. The normalized spacial score (nSPS) is 17.9. The lowest BCUT2D eigenvalue weighted by molar-refractivity contribution is -0.116. The fourth-order valence-corrected chi connectivity index (χ4v) is 0.805. The van der Waals surface area contributed by atoms with Crippen LogP contribution in [-0.2, 0) is 11.2 Å². The molecule has 0 radical (unpaired) electrons. The number of hydrogen-bond donors (Lipinski definition) is 0. The standard InChI is InChI=1S/C10H12O2/c1-8(11)7-9-3-5-10(12-2)6-4-9/h3-6H,7H2,1-2H3/i1D3,7D2. The first kappa shape index (κ1) is 4.08. The average Bonchev–Trinajstić information content (AvgIpc) is 2.27. The van der Waals surface area contributed by atoms with E-state index < -0.39 is 19.0 Å². The molecule has 1 rings (SSSR count). The van der Waals surface area contributed by atoms with Gasteiger partial charge in [-0.1, -0.05) is 12.1 Å². The summed E-state index contributed by atoms with van der Waals surface area (Å²) in [6, 6.07) is 5.62. The number of ketones is 1. The van der Waals surface area contributed by atoms with E-state index in [0.717, 1.165) is 0 Å². The van der Waals surface area contributed by atoms with Crippen LogP contribution in [0.5, 0.6) is 5.75 Å². The van der Waals surface area contributed by atoms with Gasteiger partial charge >= 0.3 is 0 Å². The van der Waals surface area contributed by atoms with Gasteiger partial charge in [-0.2, -0.15) is 0 Å². The maximum atomic E-state index is 11.5. The number of methoxy groups -OCH3 is 1. The number of carbonyl (C=O) groups is 1. The molecule has 0 spiro atoms. The second-order valence-electron chi connectivity index (χ2n) is 2.18. The Balaban J connectivity index is 3.08. The van der Waals surface area contributed by atoms with E-state index in [1.807, 2.05) is 0 Å². The van der Waals surface area contributed by atoms with Crippen LogP contribution < -0.4 is 4.74 Å². The minimum atomic E-state index is -2.95. The number of hydrogen-bond acceptors (Lipinski definition) is 2. The van der Waals surface area contributed by atoms with Crippen molar-refractivity contribution in [1.82, 2.24) is 0 Å². The molecule has 12 heavy (non-hydrogen) atoms. The predicted molar refractivity (Wildman–Crippen MR) is 47.4 cm³/mol. The Hall–Kier alpha value is -1.31. The summed E-state index contributed by atoms with van der Waals surface area (Å²) < 4.78 is 40.9. The van der Waals surface area contributed by atoms with Gasteiger partial charge in [0.1, 0.15) is 11.5 Å². The lowest BCUT2D eigenvalue weighted by Gasteiger charge is -2.00. The van der Waals surface area contributed by atoms with Crippen molar-refractivity contribution in [3.05, 3.63) is 29.8 Å². The molecular weight excluding hydrogens is 152 g/mol. The van der Waals surface area contributed by atoms with Crippen LogP contribution in [0, 0.1) is 0 Å². The van der Waals surface area contributed by atoms with Crippen molar-refractivity contribution in [2.75, 3.05) is 7.11 Å². The summed E-state index contributed by atoms with van der Waals surface area (Å²) in [7, 11) is 1.46. The van der Waals surface area contributed by atoms with Crippen LogP contribution in [0.2, 0.25) is 0 Å². The number of ether oxygens (including phenoxy) is 1. The molecule has 0 saturated carbocycles. The van der Waals surface area contributed by atoms with E-state index in [-0.39, 0.29) is 5.56 Å². The van der Waals surface area contributed by atoms with E-state index in [1.165, 1.54) is 31.4 Å². The van der Waals surface area contributed by atoms with Gasteiger partial charge in [0.15, 0.2) is 0 Å². The molecule has 0 fully saturated rings. The summed E-state index contributed by atoms with van der Waals surface area (Å²) in [5.74, 6) is -0.916. The third kappa shape index (κ3) is 2.38. The van der Waals surface area contributed by atoms with E-state index in [0.29, 0.717) is 5.75 Å². The van der Waals surface area contributed by atoms with Crippen LogP contribution in [-0.4, -0.2) is 12.9 Å². The fraction of sp³-hybridized carbons (Fsp3) is 0.300. The highest BCUT2D eigenvalue weighted by atomic mass is 16.5. The van der Waals surface area contributed by atoms with Gasteiger partial charge in [-0.25, -0.2) is 0 Å². The predicted octanol–water partition coefficient (Wildman–Crippen LogP) is 1.83.